The molecule has 0 aliphatic heterocycles. The third-order valence-electron chi connectivity index (χ3n) is 4.04. The second-order valence-corrected chi connectivity index (χ2v) is 6.49. The van der Waals surface area contributed by atoms with E-state index in [4.69, 9.17) is 4.74 Å². The number of carbonyl (C=O) groups is 3. The van der Waals surface area contributed by atoms with Crippen molar-refractivity contribution in [1.82, 2.24) is 5.43 Å². The van der Waals surface area contributed by atoms with Gasteiger partial charge >= 0.3 is 17.8 Å². The molecule has 3 rings (SSSR count). The highest BCUT2D eigenvalue weighted by molar-refractivity contribution is 6.39. The van der Waals surface area contributed by atoms with Crippen LogP contribution in [0.2, 0.25) is 0 Å². The lowest BCUT2D eigenvalue weighted by Crippen LogP contribution is -2.32. The van der Waals surface area contributed by atoms with Gasteiger partial charge in [0.2, 0.25) is 0 Å². The molecule has 3 aromatic carbocycles. The van der Waals surface area contributed by atoms with Crippen molar-refractivity contribution in [2.24, 2.45) is 5.10 Å². The summed E-state index contributed by atoms with van der Waals surface area (Å²) in [7, 11) is 0. The molecule has 0 aromatic heterocycles. The van der Waals surface area contributed by atoms with Crippen molar-refractivity contribution in [1.29, 1.82) is 0 Å². The van der Waals surface area contributed by atoms with Crippen LogP contribution in [-0.2, 0) is 9.59 Å². The fourth-order valence-corrected chi connectivity index (χ4v) is 2.45. The maximum absolute atomic E-state index is 12.9. The molecule has 0 aliphatic carbocycles. The van der Waals surface area contributed by atoms with Gasteiger partial charge in [0.05, 0.1) is 11.8 Å². The van der Waals surface area contributed by atoms with Gasteiger partial charge in [-0.3, -0.25) is 9.59 Å². The first kappa shape index (κ1) is 21.4. The first-order valence-corrected chi connectivity index (χ1v) is 9.19. The van der Waals surface area contributed by atoms with Crippen molar-refractivity contribution in [3.05, 3.63) is 95.3 Å². The van der Waals surface area contributed by atoms with Crippen LogP contribution >= 0.6 is 0 Å². The zero-order chi connectivity index (χ0) is 22.2. The number of halogens is 1. The van der Waals surface area contributed by atoms with E-state index in [0.29, 0.717) is 16.9 Å². The minimum Gasteiger partial charge on any atom is -0.423 e. The summed E-state index contributed by atoms with van der Waals surface area (Å²) < 4.78 is 18.2. The van der Waals surface area contributed by atoms with E-state index in [1.165, 1.54) is 18.3 Å². The van der Waals surface area contributed by atoms with Crippen LogP contribution in [0.25, 0.3) is 0 Å². The highest BCUT2D eigenvalue weighted by Crippen LogP contribution is 2.15. The molecular formula is C23H18FN3O4. The Morgan fingerprint density at radius 3 is 2.35 bits per heavy atom. The molecule has 31 heavy (non-hydrogen) atoms. The van der Waals surface area contributed by atoms with E-state index >= 15 is 0 Å². The number of rotatable bonds is 5. The third-order valence-corrected chi connectivity index (χ3v) is 4.04. The minimum absolute atomic E-state index is 0.272. The van der Waals surface area contributed by atoms with Crippen LogP contribution in [0.15, 0.2) is 77.9 Å². The van der Waals surface area contributed by atoms with E-state index in [0.717, 1.165) is 17.7 Å². The molecule has 0 saturated heterocycles. The molecule has 0 aliphatic rings. The predicted octanol–water partition coefficient (Wildman–Crippen LogP) is 3.44. The highest BCUT2D eigenvalue weighted by Gasteiger charge is 2.13. The average molecular weight is 419 g/mol. The van der Waals surface area contributed by atoms with Crippen LogP contribution in [0.4, 0.5) is 10.1 Å². The van der Waals surface area contributed by atoms with Gasteiger partial charge in [0.25, 0.3) is 0 Å². The van der Waals surface area contributed by atoms with Crippen LogP contribution < -0.4 is 15.5 Å². The van der Waals surface area contributed by atoms with Gasteiger partial charge in [0.1, 0.15) is 11.6 Å². The molecule has 8 heteroatoms. The van der Waals surface area contributed by atoms with E-state index in [2.05, 4.69) is 15.8 Å². The topological polar surface area (TPSA) is 96.9 Å². The van der Waals surface area contributed by atoms with Crippen molar-refractivity contribution < 1.29 is 23.5 Å². The van der Waals surface area contributed by atoms with Crippen molar-refractivity contribution >= 4 is 29.7 Å². The van der Waals surface area contributed by atoms with Gasteiger partial charge in [-0.15, -0.1) is 0 Å². The van der Waals surface area contributed by atoms with Crippen molar-refractivity contribution in [3.8, 4) is 5.75 Å². The van der Waals surface area contributed by atoms with Crippen LogP contribution in [0.1, 0.15) is 21.5 Å². The Kier molecular flexibility index (Phi) is 6.85. The summed E-state index contributed by atoms with van der Waals surface area (Å²) in [6.07, 6.45) is 1.30. The monoisotopic (exact) mass is 419 g/mol. The molecular weight excluding hydrogens is 401 g/mol. The number of hydrazone groups is 1. The van der Waals surface area contributed by atoms with Gasteiger partial charge in [-0.2, -0.15) is 5.10 Å². The third kappa shape index (κ3) is 6.33. The minimum atomic E-state index is -0.998. The average Bonchev–Trinajstić information content (AvgIpc) is 2.76. The lowest BCUT2D eigenvalue weighted by molar-refractivity contribution is -0.136. The fraction of sp³-hybridized carbons (Fsp3) is 0.0435. The normalized spacial score (nSPS) is 10.5. The number of esters is 1. The quantitative estimate of drug-likeness (QED) is 0.218. The lowest BCUT2D eigenvalue weighted by Gasteiger charge is -2.05. The molecule has 7 nitrogen and oxygen atoms in total. The Hall–Kier alpha value is -4.33. The van der Waals surface area contributed by atoms with E-state index in [1.807, 2.05) is 19.1 Å². The number of nitrogens with zero attached hydrogens (tertiary/aromatic N) is 1. The number of hydrogen-bond acceptors (Lipinski definition) is 5. The van der Waals surface area contributed by atoms with Gasteiger partial charge in [-0.25, -0.2) is 14.6 Å². The second-order valence-electron chi connectivity index (χ2n) is 6.49. The van der Waals surface area contributed by atoms with Crippen LogP contribution in [0, 0.1) is 12.7 Å². The van der Waals surface area contributed by atoms with Gasteiger partial charge in [0, 0.05) is 5.69 Å². The molecule has 0 atom stereocenters. The van der Waals surface area contributed by atoms with E-state index in [9.17, 15) is 18.8 Å². The summed E-state index contributed by atoms with van der Waals surface area (Å²) in [6.45, 7) is 1.92. The molecule has 3 aromatic rings. The lowest BCUT2D eigenvalue weighted by atomic mass is 10.1. The number of amides is 2. The summed E-state index contributed by atoms with van der Waals surface area (Å²) in [5, 5.41) is 6.04. The fourth-order valence-electron chi connectivity index (χ4n) is 2.45. The van der Waals surface area contributed by atoms with Crippen molar-refractivity contribution in [2.75, 3.05) is 5.32 Å². The number of aryl methyl sites for hydroxylation is 1. The molecule has 0 heterocycles. The summed E-state index contributed by atoms with van der Waals surface area (Å²) in [6, 6.07) is 18.4. The Morgan fingerprint density at radius 1 is 0.935 bits per heavy atom. The molecule has 156 valence electrons. The first-order valence-electron chi connectivity index (χ1n) is 9.19. The number of benzene rings is 3. The maximum Gasteiger partial charge on any atom is 0.343 e. The van der Waals surface area contributed by atoms with Crippen molar-refractivity contribution in [3.63, 3.8) is 0 Å². The Balaban J connectivity index is 1.55. The van der Waals surface area contributed by atoms with E-state index in [-0.39, 0.29) is 5.69 Å². The molecule has 0 saturated carbocycles. The summed E-state index contributed by atoms with van der Waals surface area (Å²) in [5.74, 6) is -2.61. The van der Waals surface area contributed by atoms with Crippen molar-refractivity contribution in [2.45, 2.75) is 6.92 Å². The largest absolute Gasteiger partial charge is 0.423 e. The summed E-state index contributed by atoms with van der Waals surface area (Å²) >= 11 is 0. The standard InChI is InChI=1S/C23H18FN3O4/c1-15-5-7-17(8-6-15)23(30)31-20-4-2-3-16(13-20)14-25-27-22(29)21(28)26-19-11-9-18(24)10-12-19/h2-14H,1H3,(H,26,28)(H,27,29). The summed E-state index contributed by atoms with van der Waals surface area (Å²) in [5.41, 5.74) is 4.35. The summed E-state index contributed by atoms with van der Waals surface area (Å²) in [4.78, 5) is 35.8. The van der Waals surface area contributed by atoms with Gasteiger partial charge < -0.3 is 10.1 Å². The van der Waals surface area contributed by atoms with Crippen LogP contribution in [-0.4, -0.2) is 24.0 Å². The predicted molar refractivity (Wildman–Crippen MR) is 113 cm³/mol. The van der Waals surface area contributed by atoms with Crippen LogP contribution in [0.5, 0.6) is 5.75 Å². The first-order chi connectivity index (χ1) is 14.9. The van der Waals surface area contributed by atoms with Gasteiger partial charge in [-0.1, -0.05) is 29.8 Å². The Labute approximate surface area is 177 Å². The van der Waals surface area contributed by atoms with Crippen LogP contribution in [0.3, 0.4) is 0 Å². The maximum atomic E-state index is 12.9. The molecule has 0 unspecified atom stereocenters. The Bertz CT molecular complexity index is 1130. The zero-order valence-corrected chi connectivity index (χ0v) is 16.5. The molecule has 0 fully saturated rings. The molecule has 0 spiro atoms. The van der Waals surface area contributed by atoms with Gasteiger partial charge in [-0.05, 0) is 61.0 Å². The molecule has 2 amide bonds. The van der Waals surface area contributed by atoms with E-state index in [1.54, 1.807) is 36.4 Å². The number of carbonyl (C=O) groups excluding carboxylic acids is 3. The number of ether oxygens (including phenoxy) is 1. The molecule has 2 N–H and O–H groups in total. The number of nitrogens with one attached hydrogen (secondary N) is 2. The second kappa shape index (κ2) is 9.93. The zero-order valence-electron chi connectivity index (χ0n) is 16.5. The highest BCUT2D eigenvalue weighted by atomic mass is 19.1. The Morgan fingerprint density at radius 2 is 1.65 bits per heavy atom. The molecule has 0 radical (unpaired) electrons. The van der Waals surface area contributed by atoms with Gasteiger partial charge in [0.15, 0.2) is 0 Å². The smallest absolute Gasteiger partial charge is 0.343 e. The SMILES string of the molecule is Cc1ccc(C(=O)Oc2cccc(C=NNC(=O)C(=O)Nc3ccc(F)cc3)c2)cc1. The molecule has 0 bridgehead atoms. The van der Waals surface area contributed by atoms with E-state index < -0.39 is 23.6 Å². The number of anilines is 1. The number of hydrogen-bond donors (Lipinski definition) is 2.